The molecule has 0 N–H and O–H groups in total. The van der Waals surface area contributed by atoms with Crippen LogP contribution in [-0.4, -0.2) is 32.9 Å². The minimum atomic E-state index is 0.747. The summed E-state index contributed by atoms with van der Waals surface area (Å²) >= 11 is 6.86. The first-order valence-corrected chi connectivity index (χ1v) is 11.0. The van der Waals surface area contributed by atoms with Crippen LogP contribution in [-0.2, 0) is 0 Å². The third-order valence-corrected chi connectivity index (χ3v) is 6.51. The first-order chi connectivity index (χ1) is 12.7. The average molecular weight is 449 g/mol. The van der Waals surface area contributed by atoms with Crippen LogP contribution in [0.15, 0.2) is 50.4 Å². The van der Waals surface area contributed by atoms with Gasteiger partial charge in [-0.05, 0) is 58.7 Å². The first kappa shape index (κ1) is 17.8. The maximum atomic E-state index is 5.73. The highest BCUT2D eigenvalue weighted by molar-refractivity contribution is 9.11. The van der Waals surface area contributed by atoms with Gasteiger partial charge in [-0.2, -0.15) is 9.78 Å². The van der Waals surface area contributed by atoms with E-state index in [1.165, 1.54) is 0 Å². The lowest BCUT2D eigenvalue weighted by Crippen LogP contribution is -2.12. The lowest BCUT2D eigenvalue weighted by Gasteiger charge is -2.13. The van der Waals surface area contributed by atoms with E-state index in [-0.39, 0.29) is 0 Å². The Balaban J connectivity index is 1.60. The van der Waals surface area contributed by atoms with Crippen molar-refractivity contribution < 1.29 is 4.74 Å². The van der Waals surface area contributed by atoms with Crippen molar-refractivity contribution in [2.75, 3.05) is 12.4 Å². The number of rotatable bonds is 6. The Bertz CT molecular complexity index is 933. The van der Waals surface area contributed by atoms with Gasteiger partial charge < -0.3 is 4.74 Å². The summed E-state index contributed by atoms with van der Waals surface area (Å²) < 4.78 is 8.67. The van der Waals surface area contributed by atoms with Gasteiger partial charge in [-0.25, -0.2) is 0 Å². The second kappa shape index (κ2) is 7.94. The van der Waals surface area contributed by atoms with Crippen LogP contribution in [0.5, 0.6) is 5.75 Å². The maximum absolute atomic E-state index is 5.73. The Morgan fingerprint density at radius 2 is 2.00 bits per heavy atom. The number of thiophene rings is 1. The molecule has 8 heteroatoms. The SMILES string of the molecule is CCCCOc1ccc(-c2nnc3n2N=C(c2ccc(Br)s2)CS3)cc1. The molecule has 0 fully saturated rings. The van der Waals surface area contributed by atoms with Gasteiger partial charge in [0.1, 0.15) is 5.75 Å². The van der Waals surface area contributed by atoms with E-state index in [4.69, 9.17) is 9.84 Å². The van der Waals surface area contributed by atoms with Crippen molar-refractivity contribution in [2.24, 2.45) is 5.10 Å². The Labute approximate surface area is 168 Å². The van der Waals surface area contributed by atoms with Gasteiger partial charge in [-0.15, -0.1) is 21.5 Å². The van der Waals surface area contributed by atoms with Crippen molar-refractivity contribution in [3.63, 3.8) is 0 Å². The second-order valence-corrected chi connectivity index (χ2v) is 9.19. The Hall–Kier alpha value is -1.64. The molecule has 3 aromatic rings. The van der Waals surface area contributed by atoms with Crippen LogP contribution < -0.4 is 4.74 Å². The van der Waals surface area contributed by atoms with E-state index in [0.717, 1.165) is 61.9 Å². The van der Waals surface area contributed by atoms with Gasteiger partial charge in [0, 0.05) is 11.3 Å². The minimum absolute atomic E-state index is 0.747. The van der Waals surface area contributed by atoms with Gasteiger partial charge in [0.05, 0.1) is 21.0 Å². The van der Waals surface area contributed by atoms with Crippen LogP contribution in [0.2, 0.25) is 0 Å². The van der Waals surface area contributed by atoms with Crippen molar-refractivity contribution in [2.45, 2.75) is 24.9 Å². The monoisotopic (exact) mass is 448 g/mol. The van der Waals surface area contributed by atoms with Crippen molar-refractivity contribution in [1.29, 1.82) is 0 Å². The molecule has 0 unspecified atom stereocenters. The summed E-state index contributed by atoms with van der Waals surface area (Å²) in [6, 6.07) is 12.1. The standard InChI is InChI=1S/C18H17BrN4OS2/c1-2-3-10-24-13-6-4-12(5-7-13)17-20-21-18-23(17)22-14(11-25-18)15-8-9-16(19)26-15/h4-9H,2-3,10-11H2,1H3. The molecule has 1 aromatic carbocycles. The first-order valence-electron chi connectivity index (χ1n) is 8.39. The average Bonchev–Trinajstić information content (AvgIpc) is 3.28. The highest BCUT2D eigenvalue weighted by Crippen LogP contribution is 2.31. The van der Waals surface area contributed by atoms with E-state index in [0.29, 0.717) is 0 Å². The third-order valence-electron chi connectivity index (χ3n) is 3.91. The van der Waals surface area contributed by atoms with Crippen LogP contribution in [0, 0.1) is 0 Å². The normalized spacial score (nSPS) is 13.4. The molecule has 0 saturated carbocycles. The fourth-order valence-electron chi connectivity index (χ4n) is 2.53. The summed E-state index contributed by atoms with van der Waals surface area (Å²) in [6.45, 7) is 2.90. The van der Waals surface area contributed by atoms with E-state index in [1.54, 1.807) is 23.1 Å². The molecule has 0 aliphatic carbocycles. The molecule has 3 heterocycles. The van der Waals surface area contributed by atoms with Gasteiger partial charge in [0.15, 0.2) is 5.82 Å². The molecule has 4 rings (SSSR count). The Kier molecular flexibility index (Phi) is 5.42. The number of aromatic nitrogens is 3. The molecule has 1 aliphatic rings. The zero-order valence-corrected chi connectivity index (χ0v) is 17.4. The van der Waals surface area contributed by atoms with Crippen molar-refractivity contribution in [3.05, 3.63) is 45.1 Å². The zero-order chi connectivity index (χ0) is 17.9. The second-order valence-electron chi connectivity index (χ2n) is 5.78. The summed E-state index contributed by atoms with van der Waals surface area (Å²) in [5, 5.41) is 14.2. The molecule has 134 valence electrons. The largest absolute Gasteiger partial charge is 0.494 e. The van der Waals surface area contributed by atoms with Crippen LogP contribution in [0.25, 0.3) is 11.4 Å². The van der Waals surface area contributed by atoms with Crippen molar-refractivity contribution >= 4 is 44.7 Å². The molecule has 0 amide bonds. The Morgan fingerprint density at radius 3 is 2.73 bits per heavy atom. The molecule has 1 aliphatic heterocycles. The molecule has 0 atom stereocenters. The van der Waals surface area contributed by atoms with Crippen LogP contribution in [0.4, 0.5) is 0 Å². The summed E-state index contributed by atoms with van der Waals surface area (Å²) in [5.74, 6) is 2.43. The summed E-state index contributed by atoms with van der Waals surface area (Å²) in [7, 11) is 0. The van der Waals surface area contributed by atoms with E-state index < -0.39 is 0 Å². The number of halogens is 1. The van der Waals surface area contributed by atoms with Gasteiger partial charge in [0.25, 0.3) is 0 Å². The predicted octanol–water partition coefficient (Wildman–Crippen LogP) is 5.31. The highest BCUT2D eigenvalue weighted by atomic mass is 79.9. The number of benzene rings is 1. The molecule has 0 spiro atoms. The van der Waals surface area contributed by atoms with Crippen LogP contribution >= 0.6 is 39.0 Å². The molecule has 0 radical (unpaired) electrons. The fraction of sp³-hybridized carbons (Fsp3) is 0.278. The van der Waals surface area contributed by atoms with Crippen molar-refractivity contribution in [1.82, 2.24) is 14.9 Å². The molecule has 2 aromatic heterocycles. The van der Waals surface area contributed by atoms with Gasteiger partial charge >= 0.3 is 0 Å². The number of hydrogen-bond donors (Lipinski definition) is 0. The minimum Gasteiger partial charge on any atom is -0.494 e. The summed E-state index contributed by atoms with van der Waals surface area (Å²) in [4.78, 5) is 1.16. The predicted molar refractivity (Wildman–Crippen MR) is 111 cm³/mol. The molecule has 0 bridgehead atoms. The van der Waals surface area contributed by atoms with Crippen LogP contribution in [0.1, 0.15) is 24.6 Å². The summed E-state index contributed by atoms with van der Waals surface area (Å²) in [6.07, 6.45) is 2.19. The van der Waals surface area contributed by atoms with E-state index in [2.05, 4.69) is 39.1 Å². The number of unbranched alkanes of at least 4 members (excludes halogenated alkanes) is 1. The van der Waals surface area contributed by atoms with Gasteiger partial charge in [0.2, 0.25) is 5.16 Å². The summed E-state index contributed by atoms with van der Waals surface area (Å²) in [5.41, 5.74) is 2.02. The lowest BCUT2D eigenvalue weighted by molar-refractivity contribution is 0.309. The van der Waals surface area contributed by atoms with Crippen molar-refractivity contribution in [3.8, 4) is 17.1 Å². The molecule has 26 heavy (non-hydrogen) atoms. The quantitative estimate of drug-likeness (QED) is 0.479. The number of thioether (sulfide) groups is 1. The third kappa shape index (κ3) is 3.72. The smallest absolute Gasteiger partial charge is 0.212 e. The lowest BCUT2D eigenvalue weighted by atomic mass is 10.2. The fourth-order valence-corrected chi connectivity index (χ4v) is 4.82. The van der Waals surface area contributed by atoms with Gasteiger partial charge in [-0.3, -0.25) is 0 Å². The number of fused-ring (bicyclic) bond motifs is 1. The van der Waals surface area contributed by atoms with E-state index in [1.807, 2.05) is 35.0 Å². The van der Waals surface area contributed by atoms with Crippen LogP contribution in [0.3, 0.4) is 0 Å². The molecule has 5 nitrogen and oxygen atoms in total. The molecular weight excluding hydrogens is 432 g/mol. The Morgan fingerprint density at radius 1 is 1.15 bits per heavy atom. The molecular formula is C18H17BrN4OS2. The maximum Gasteiger partial charge on any atom is 0.212 e. The van der Waals surface area contributed by atoms with E-state index in [9.17, 15) is 0 Å². The number of ether oxygens (including phenoxy) is 1. The highest BCUT2D eigenvalue weighted by Gasteiger charge is 2.21. The van der Waals surface area contributed by atoms with Gasteiger partial charge in [-0.1, -0.05) is 25.1 Å². The number of nitrogens with zero attached hydrogens (tertiary/aromatic N) is 4. The zero-order valence-electron chi connectivity index (χ0n) is 14.2. The topological polar surface area (TPSA) is 52.3 Å². The molecule has 0 saturated heterocycles. The van der Waals surface area contributed by atoms with E-state index >= 15 is 0 Å². The number of hydrogen-bond acceptors (Lipinski definition) is 6.